The SMILES string of the molecule is CC(C)NC(=O)C[C@@H]1OC[C@H]2CNCC[C@H]21. The summed E-state index contributed by atoms with van der Waals surface area (Å²) >= 11 is 0. The van der Waals surface area contributed by atoms with Crippen LogP contribution in [0, 0.1) is 11.8 Å². The van der Waals surface area contributed by atoms with Gasteiger partial charge in [0, 0.05) is 18.5 Å². The standard InChI is InChI=1S/C12H22N2O2/c1-8(2)14-12(15)5-11-10-3-4-13-6-9(10)7-16-11/h8-11,13H,3-7H2,1-2H3,(H,14,15)/t9-,10-,11+/m1/s1. The number of fused-ring (bicyclic) bond motifs is 1. The highest BCUT2D eigenvalue weighted by atomic mass is 16.5. The average Bonchev–Trinajstić information content (AvgIpc) is 2.61. The van der Waals surface area contributed by atoms with Crippen molar-refractivity contribution < 1.29 is 9.53 Å². The van der Waals surface area contributed by atoms with Crippen molar-refractivity contribution in [2.45, 2.75) is 38.8 Å². The quantitative estimate of drug-likeness (QED) is 0.738. The van der Waals surface area contributed by atoms with Gasteiger partial charge in [0.25, 0.3) is 0 Å². The zero-order valence-corrected chi connectivity index (χ0v) is 10.2. The fraction of sp³-hybridized carbons (Fsp3) is 0.917. The monoisotopic (exact) mass is 226 g/mol. The van der Waals surface area contributed by atoms with E-state index in [4.69, 9.17) is 4.74 Å². The molecule has 2 heterocycles. The summed E-state index contributed by atoms with van der Waals surface area (Å²) in [6, 6.07) is 0.220. The Balaban J connectivity index is 1.83. The number of hydrogen-bond donors (Lipinski definition) is 2. The Hall–Kier alpha value is -0.610. The molecule has 2 saturated heterocycles. The van der Waals surface area contributed by atoms with E-state index in [1.54, 1.807) is 0 Å². The summed E-state index contributed by atoms with van der Waals surface area (Å²) in [5.41, 5.74) is 0. The Labute approximate surface area is 97.1 Å². The van der Waals surface area contributed by atoms with Gasteiger partial charge in [0.1, 0.15) is 0 Å². The molecule has 0 aliphatic carbocycles. The predicted molar refractivity (Wildman–Crippen MR) is 62.1 cm³/mol. The topological polar surface area (TPSA) is 50.4 Å². The van der Waals surface area contributed by atoms with E-state index in [9.17, 15) is 4.79 Å². The minimum atomic E-state index is 0.124. The minimum absolute atomic E-state index is 0.124. The van der Waals surface area contributed by atoms with E-state index >= 15 is 0 Å². The third-order valence-electron chi connectivity index (χ3n) is 3.50. The van der Waals surface area contributed by atoms with Gasteiger partial charge in [0.15, 0.2) is 0 Å². The summed E-state index contributed by atoms with van der Waals surface area (Å²) in [5.74, 6) is 1.32. The maximum atomic E-state index is 11.7. The summed E-state index contributed by atoms with van der Waals surface area (Å²) < 4.78 is 5.75. The number of carbonyl (C=O) groups is 1. The molecule has 0 bridgehead atoms. The summed E-state index contributed by atoms with van der Waals surface area (Å²) in [6.45, 7) is 6.90. The molecule has 1 amide bonds. The highest BCUT2D eigenvalue weighted by Gasteiger charge is 2.39. The molecule has 0 aromatic heterocycles. The smallest absolute Gasteiger partial charge is 0.222 e. The van der Waals surface area contributed by atoms with Crippen LogP contribution in [0.3, 0.4) is 0 Å². The van der Waals surface area contributed by atoms with Gasteiger partial charge in [-0.3, -0.25) is 4.79 Å². The number of nitrogens with one attached hydrogen (secondary N) is 2. The highest BCUT2D eigenvalue weighted by Crippen LogP contribution is 2.33. The van der Waals surface area contributed by atoms with Crippen LogP contribution in [0.15, 0.2) is 0 Å². The molecule has 2 aliphatic heterocycles. The Kier molecular flexibility index (Phi) is 3.82. The van der Waals surface area contributed by atoms with Crippen LogP contribution in [0.5, 0.6) is 0 Å². The minimum Gasteiger partial charge on any atom is -0.377 e. The summed E-state index contributed by atoms with van der Waals surface area (Å²) in [5, 5.41) is 6.31. The van der Waals surface area contributed by atoms with Crippen LogP contribution in [0.1, 0.15) is 26.7 Å². The first-order chi connectivity index (χ1) is 7.66. The van der Waals surface area contributed by atoms with Gasteiger partial charge in [0.05, 0.1) is 19.1 Å². The number of amides is 1. The summed E-state index contributed by atoms with van der Waals surface area (Å²) in [4.78, 5) is 11.7. The van der Waals surface area contributed by atoms with Crippen molar-refractivity contribution in [2.24, 2.45) is 11.8 Å². The van der Waals surface area contributed by atoms with E-state index in [1.165, 1.54) is 0 Å². The van der Waals surface area contributed by atoms with Gasteiger partial charge in [-0.1, -0.05) is 0 Å². The fourth-order valence-electron chi connectivity index (χ4n) is 2.76. The second-order valence-corrected chi connectivity index (χ2v) is 5.21. The van der Waals surface area contributed by atoms with Crippen LogP contribution >= 0.6 is 0 Å². The molecule has 0 aromatic carbocycles. The van der Waals surface area contributed by atoms with E-state index in [0.29, 0.717) is 18.3 Å². The van der Waals surface area contributed by atoms with Gasteiger partial charge >= 0.3 is 0 Å². The Morgan fingerprint density at radius 2 is 2.38 bits per heavy atom. The van der Waals surface area contributed by atoms with Gasteiger partial charge in [-0.2, -0.15) is 0 Å². The first kappa shape index (κ1) is 11.9. The molecule has 2 aliphatic rings. The maximum absolute atomic E-state index is 11.7. The van der Waals surface area contributed by atoms with Gasteiger partial charge in [-0.05, 0) is 32.7 Å². The molecule has 4 nitrogen and oxygen atoms in total. The fourth-order valence-corrected chi connectivity index (χ4v) is 2.76. The van der Waals surface area contributed by atoms with E-state index < -0.39 is 0 Å². The van der Waals surface area contributed by atoms with Gasteiger partial charge in [0.2, 0.25) is 5.91 Å². The van der Waals surface area contributed by atoms with Crippen LogP contribution in [0.2, 0.25) is 0 Å². The molecule has 0 saturated carbocycles. The molecule has 0 unspecified atom stereocenters. The summed E-state index contributed by atoms with van der Waals surface area (Å²) in [7, 11) is 0. The Morgan fingerprint density at radius 1 is 1.56 bits per heavy atom. The molecule has 0 radical (unpaired) electrons. The largest absolute Gasteiger partial charge is 0.377 e. The molecule has 4 heteroatoms. The van der Waals surface area contributed by atoms with Gasteiger partial charge in [-0.15, -0.1) is 0 Å². The van der Waals surface area contributed by atoms with Crippen molar-refractivity contribution >= 4 is 5.91 Å². The normalized spacial score (nSPS) is 33.8. The molecule has 92 valence electrons. The maximum Gasteiger partial charge on any atom is 0.222 e. The Morgan fingerprint density at radius 3 is 3.12 bits per heavy atom. The number of hydrogen-bond acceptors (Lipinski definition) is 3. The first-order valence-electron chi connectivity index (χ1n) is 6.28. The van der Waals surface area contributed by atoms with Crippen molar-refractivity contribution in [3.05, 3.63) is 0 Å². The second kappa shape index (κ2) is 5.15. The van der Waals surface area contributed by atoms with Crippen molar-refractivity contribution in [3.63, 3.8) is 0 Å². The third-order valence-corrected chi connectivity index (χ3v) is 3.50. The lowest BCUT2D eigenvalue weighted by Crippen LogP contribution is -2.40. The molecular formula is C12H22N2O2. The van der Waals surface area contributed by atoms with E-state index in [1.807, 2.05) is 13.8 Å². The lowest BCUT2D eigenvalue weighted by molar-refractivity contribution is -0.124. The van der Waals surface area contributed by atoms with Crippen LogP contribution in [0.4, 0.5) is 0 Å². The second-order valence-electron chi connectivity index (χ2n) is 5.21. The Bertz CT molecular complexity index is 255. The van der Waals surface area contributed by atoms with Crippen molar-refractivity contribution in [1.29, 1.82) is 0 Å². The summed E-state index contributed by atoms with van der Waals surface area (Å²) in [6.07, 6.45) is 1.81. The van der Waals surface area contributed by atoms with Crippen molar-refractivity contribution in [1.82, 2.24) is 10.6 Å². The van der Waals surface area contributed by atoms with Crippen LogP contribution < -0.4 is 10.6 Å². The van der Waals surface area contributed by atoms with E-state index in [-0.39, 0.29) is 18.1 Å². The molecule has 0 spiro atoms. The lowest BCUT2D eigenvalue weighted by atomic mass is 9.84. The zero-order chi connectivity index (χ0) is 11.5. The highest BCUT2D eigenvalue weighted by molar-refractivity contribution is 5.76. The van der Waals surface area contributed by atoms with Crippen molar-refractivity contribution in [2.75, 3.05) is 19.7 Å². The van der Waals surface area contributed by atoms with Crippen LogP contribution in [-0.4, -0.2) is 37.7 Å². The average molecular weight is 226 g/mol. The lowest BCUT2D eigenvalue weighted by Gasteiger charge is -2.27. The number of rotatable bonds is 3. The number of ether oxygens (including phenoxy) is 1. The number of piperidine rings is 1. The molecule has 0 aromatic rings. The molecular weight excluding hydrogens is 204 g/mol. The number of carbonyl (C=O) groups excluding carboxylic acids is 1. The molecule has 2 rings (SSSR count). The van der Waals surface area contributed by atoms with E-state index in [0.717, 1.165) is 26.1 Å². The predicted octanol–water partition coefficient (Wildman–Crippen LogP) is 0.526. The molecule has 2 N–H and O–H groups in total. The first-order valence-corrected chi connectivity index (χ1v) is 6.28. The van der Waals surface area contributed by atoms with Gasteiger partial charge < -0.3 is 15.4 Å². The third kappa shape index (κ3) is 2.74. The van der Waals surface area contributed by atoms with E-state index in [2.05, 4.69) is 10.6 Å². The molecule has 3 atom stereocenters. The molecule has 2 fully saturated rings. The zero-order valence-electron chi connectivity index (χ0n) is 10.2. The van der Waals surface area contributed by atoms with Crippen molar-refractivity contribution in [3.8, 4) is 0 Å². The molecule has 16 heavy (non-hydrogen) atoms. The van der Waals surface area contributed by atoms with Gasteiger partial charge in [-0.25, -0.2) is 0 Å². The van der Waals surface area contributed by atoms with Crippen LogP contribution in [-0.2, 0) is 9.53 Å². The van der Waals surface area contributed by atoms with Crippen LogP contribution in [0.25, 0.3) is 0 Å².